The van der Waals surface area contributed by atoms with Gasteiger partial charge in [0.1, 0.15) is 0 Å². The van der Waals surface area contributed by atoms with Gasteiger partial charge in [-0.1, -0.05) is 68.7 Å². The Kier molecular flexibility index (Phi) is 5.92. The van der Waals surface area contributed by atoms with Crippen LogP contribution in [0.3, 0.4) is 0 Å². The molecule has 16 heavy (non-hydrogen) atoms. The van der Waals surface area contributed by atoms with Crippen LogP contribution >= 0.6 is 0 Å². The van der Waals surface area contributed by atoms with Crippen molar-refractivity contribution in [3.8, 4) is 0 Å². The standard InChI is InChI=1S/C16H24/c1-4-6-9-15(5-2)11-12-16-10-7-8-14(3)13-16/h7-8,10-13,15H,4-6,9H2,1-3H3/b12-11+. The Labute approximate surface area is 100 Å². The smallest absolute Gasteiger partial charge is 0.0233 e. The Morgan fingerprint density at radius 1 is 1.25 bits per heavy atom. The highest BCUT2D eigenvalue weighted by atomic mass is 14.1. The van der Waals surface area contributed by atoms with Crippen molar-refractivity contribution in [2.24, 2.45) is 5.92 Å². The normalized spacial score (nSPS) is 13.2. The van der Waals surface area contributed by atoms with Crippen molar-refractivity contribution in [1.82, 2.24) is 0 Å². The van der Waals surface area contributed by atoms with E-state index in [1.54, 1.807) is 0 Å². The lowest BCUT2D eigenvalue weighted by Gasteiger charge is -2.08. The zero-order valence-corrected chi connectivity index (χ0v) is 10.9. The van der Waals surface area contributed by atoms with E-state index in [0.29, 0.717) is 0 Å². The molecule has 0 heterocycles. The molecule has 0 amide bonds. The van der Waals surface area contributed by atoms with Crippen molar-refractivity contribution < 1.29 is 0 Å². The molecular formula is C16H24. The summed E-state index contributed by atoms with van der Waals surface area (Å²) in [5.41, 5.74) is 2.67. The molecule has 0 aromatic heterocycles. The van der Waals surface area contributed by atoms with Gasteiger partial charge < -0.3 is 0 Å². The molecule has 0 radical (unpaired) electrons. The summed E-state index contributed by atoms with van der Waals surface area (Å²) in [6.45, 7) is 6.68. The molecule has 1 atom stereocenters. The van der Waals surface area contributed by atoms with Gasteiger partial charge in [-0.15, -0.1) is 0 Å². The first-order chi connectivity index (χ1) is 7.76. The third-order valence-electron chi connectivity index (χ3n) is 3.06. The molecule has 0 aliphatic rings. The highest BCUT2D eigenvalue weighted by Gasteiger charge is 2.00. The molecule has 0 aliphatic heterocycles. The van der Waals surface area contributed by atoms with E-state index < -0.39 is 0 Å². The third kappa shape index (κ3) is 4.65. The molecular weight excluding hydrogens is 192 g/mol. The van der Waals surface area contributed by atoms with E-state index in [4.69, 9.17) is 0 Å². The topological polar surface area (TPSA) is 0 Å². The maximum atomic E-state index is 2.38. The van der Waals surface area contributed by atoms with Gasteiger partial charge in [-0.2, -0.15) is 0 Å². The van der Waals surface area contributed by atoms with Crippen LogP contribution in [0.2, 0.25) is 0 Å². The van der Waals surface area contributed by atoms with E-state index in [-0.39, 0.29) is 0 Å². The lowest BCUT2D eigenvalue weighted by Crippen LogP contribution is -1.93. The fourth-order valence-electron chi connectivity index (χ4n) is 1.92. The van der Waals surface area contributed by atoms with Crippen molar-refractivity contribution in [2.45, 2.75) is 46.5 Å². The van der Waals surface area contributed by atoms with Gasteiger partial charge in [0.2, 0.25) is 0 Å². The van der Waals surface area contributed by atoms with Crippen LogP contribution in [0.4, 0.5) is 0 Å². The number of hydrogen-bond acceptors (Lipinski definition) is 0. The van der Waals surface area contributed by atoms with Gasteiger partial charge in [-0.25, -0.2) is 0 Å². The zero-order valence-electron chi connectivity index (χ0n) is 10.9. The fourth-order valence-corrected chi connectivity index (χ4v) is 1.92. The maximum Gasteiger partial charge on any atom is -0.0233 e. The van der Waals surface area contributed by atoms with Gasteiger partial charge in [0.05, 0.1) is 0 Å². The summed E-state index contributed by atoms with van der Waals surface area (Å²) in [5.74, 6) is 0.750. The van der Waals surface area contributed by atoms with Crippen molar-refractivity contribution in [1.29, 1.82) is 0 Å². The molecule has 0 aliphatic carbocycles. The summed E-state index contributed by atoms with van der Waals surface area (Å²) in [7, 11) is 0. The number of benzene rings is 1. The number of hydrogen-bond donors (Lipinski definition) is 0. The molecule has 1 unspecified atom stereocenters. The van der Waals surface area contributed by atoms with Gasteiger partial charge in [-0.3, -0.25) is 0 Å². The number of rotatable bonds is 6. The van der Waals surface area contributed by atoms with Crippen LogP contribution in [0.5, 0.6) is 0 Å². The van der Waals surface area contributed by atoms with Crippen LogP contribution < -0.4 is 0 Å². The van der Waals surface area contributed by atoms with E-state index in [1.165, 1.54) is 36.8 Å². The van der Waals surface area contributed by atoms with E-state index >= 15 is 0 Å². The van der Waals surface area contributed by atoms with Crippen molar-refractivity contribution >= 4 is 6.08 Å². The highest BCUT2D eigenvalue weighted by Crippen LogP contribution is 2.16. The minimum atomic E-state index is 0.750. The van der Waals surface area contributed by atoms with Crippen molar-refractivity contribution in [3.05, 3.63) is 41.5 Å². The number of aryl methyl sites for hydroxylation is 1. The lowest BCUT2D eigenvalue weighted by atomic mass is 9.98. The molecule has 0 heteroatoms. The molecule has 0 saturated heterocycles. The molecule has 0 spiro atoms. The van der Waals surface area contributed by atoms with Crippen LogP contribution in [-0.4, -0.2) is 0 Å². The summed E-state index contributed by atoms with van der Waals surface area (Å²) in [6.07, 6.45) is 9.88. The van der Waals surface area contributed by atoms with Gasteiger partial charge in [0.15, 0.2) is 0 Å². The van der Waals surface area contributed by atoms with Gasteiger partial charge in [0.25, 0.3) is 0 Å². The average Bonchev–Trinajstić information content (AvgIpc) is 2.29. The summed E-state index contributed by atoms with van der Waals surface area (Å²) in [4.78, 5) is 0. The first kappa shape index (κ1) is 13.0. The number of unbranched alkanes of at least 4 members (excludes halogenated alkanes) is 1. The average molecular weight is 216 g/mol. The number of allylic oxidation sites excluding steroid dienone is 1. The van der Waals surface area contributed by atoms with E-state index in [1.807, 2.05) is 0 Å². The summed E-state index contributed by atoms with van der Waals surface area (Å²) in [5, 5.41) is 0. The van der Waals surface area contributed by atoms with Crippen molar-refractivity contribution in [2.75, 3.05) is 0 Å². The summed E-state index contributed by atoms with van der Waals surface area (Å²) in [6, 6.07) is 8.69. The van der Waals surface area contributed by atoms with Crippen molar-refractivity contribution in [3.63, 3.8) is 0 Å². The quantitative estimate of drug-likeness (QED) is 0.611. The Morgan fingerprint density at radius 3 is 2.69 bits per heavy atom. The van der Waals surface area contributed by atoms with Crippen LogP contribution in [0.25, 0.3) is 6.08 Å². The molecule has 1 rings (SSSR count). The minimum absolute atomic E-state index is 0.750. The van der Waals surface area contributed by atoms with Gasteiger partial charge in [0, 0.05) is 0 Å². The first-order valence-electron chi connectivity index (χ1n) is 6.51. The van der Waals surface area contributed by atoms with Gasteiger partial charge in [-0.05, 0) is 31.2 Å². The monoisotopic (exact) mass is 216 g/mol. The van der Waals surface area contributed by atoms with Crippen LogP contribution in [0.1, 0.15) is 50.7 Å². The Bertz CT molecular complexity index is 323. The second-order valence-electron chi connectivity index (χ2n) is 4.58. The highest BCUT2D eigenvalue weighted by molar-refractivity contribution is 5.50. The summed E-state index contributed by atoms with van der Waals surface area (Å²) >= 11 is 0. The Morgan fingerprint density at radius 2 is 2.06 bits per heavy atom. The molecule has 0 nitrogen and oxygen atoms in total. The van der Waals surface area contributed by atoms with Crippen LogP contribution in [0, 0.1) is 12.8 Å². The molecule has 0 fully saturated rings. The minimum Gasteiger partial charge on any atom is -0.0808 e. The Hall–Kier alpha value is -1.04. The predicted octanol–water partition coefficient (Wildman–Crippen LogP) is 5.22. The second kappa shape index (κ2) is 7.27. The lowest BCUT2D eigenvalue weighted by molar-refractivity contribution is 0.542. The van der Waals surface area contributed by atoms with E-state index in [2.05, 4.69) is 57.2 Å². The maximum absolute atomic E-state index is 2.38. The molecule has 0 bridgehead atoms. The van der Waals surface area contributed by atoms with Crippen LogP contribution in [0.15, 0.2) is 30.3 Å². The Balaban J connectivity index is 2.56. The predicted molar refractivity (Wildman–Crippen MR) is 73.5 cm³/mol. The third-order valence-corrected chi connectivity index (χ3v) is 3.06. The molecule has 0 N–H and O–H groups in total. The zero-order chi connectivity index (χ0) is 11.8. The molecule has 0 saturated carbocycles. The first-order valence-corrected chi connectivity index (χ1v) is 6.51. The van der Waals surface area contributed by atoms with Gasteiger partial charge >= 0.3 is 0 Å². The second-order valence-corrected chi connectivity index (χ2v) is 4.58. The summed E-state index contributed by atoms with van der Waals surface area (Å²) < 4.78 is 0. The fraction of sp³-hybridized carbons (Fsp3) is 0.500. The van der Waals surface area contributed by atoms with E-state index in [0.717, 1.165) is 5.92 Å². The molecule has 1 aromatic rings. The SMILES string of the molecule is CCCCC(/C=C/c1cccc(C)c1)CC. The largest absolute Gasteiger partial charge is 0.0808 e. The van der Waals surface area contributed by atoms with E-state index in [9.17, 15) is 0 Å². The van der Waals surface area contributed by atoms with Crippen LogP contribution in [-0.2, 0) is 0 Å². The molecule has 88 valence electrons. The molecule has 1 aromatic carbocycles.